The Morgan fingerprint density at radius 2 is 1.86 bits per heavy atom. The number of halogens is 1. The van der Waals surface area contributed by atoms with Crippen LogP contribution in [0.1, 0.15) is 23.4 Å². The van der Waals surface area contributed by atoms with Gasteiger partial charge in [-0.15, -0.1) is 17.5 Å². The van der Waals surface area contributed by atoms with Gasteiger partial charge >= 0.3 is 6.01 Å². The number of rotatable bonds is 7. The van der Waals surface area contributed by atoms with Crippen molar-refractivity contribution in [2.75, 3.05) is 5.32 Å². The van der Waals surface area contributed by atoms with Gasteiger partial charge in [0.1, 0.15) is 5.69 Å². The van der Waals surface area contributed by atoms with Gasteiger partial charge in [-0.2, -0.15) is 4.98 Å². The molecule has 0 spiro atoms. The predicted molar refractivity (Wildman–Crippen MR) is 103 cm³/mol. The van der Waals surface area contributed by atoms with Gasteiger partial charge in [0.2, 0.25) is 17.6 Å². The number of anilines is 1. The lowest BCUT2D eigenvalue weighted by Gasteiger charge is -2.06. The van der Waals surface area contributed by atoms with Crippen molar-refractivity contribution in [1.82, 2.24) is 25.3 Å². The Balaban J connectivity index is 0.00000225. The lowest BCUT2D eigenvalue weighted by molar-refractivity contribution is 0.381. The number of nitrogens with one attached hydrogen (secondary N) is 1. The van der Waals surface area contributed by atoms with Crippen LogP contribution in [0.3, 0.4) is 0 Å². The van der Waals surface area contributed by atoms with Crippen molar-refractivity contribution in [2.45, 2.75) is 19.0 Å². The Hall–Kier alpha value is -3.30. The molecule has 0 amide bonds. The summed E-state index contributed by atoms with van der Waals surface area (Å²) in [6.45, 7) is 0.245. The number of aromatic nitrogens is 5. The Labute approximate surface area is 166 Å². The van der Waals surface area contributed by atoms with Gasteiger partial charge < -0.3 is 20.0 Å². The van der Waals surface area contributed by atoms with Crippen LogP contribution in [-0.2, 0) is 13.0 Å². The molecule has 9 nitrogen and oxygen atoms in total. The van der Waals surface area contributed by atoms with Crippen molar-refractivity contribution in [3.05, 3.63) is 72.1 Å². The van der Waals surface area contributed by atoms with Gasteiger partial charge in [0.25, 0.3) is 0 Å². The van der Waals surface area contributed by atoms with E-state index in [1.54, 1.807) is 12.3 Å². The average molecular weight is 400 g/mol. The number of benzene rings is 1. The highest BCUT2D eigenvalue weighted by Crippen LogP contribution is 2.17. The zero-order valence-corrected chi connectivity index (χ0v) is 15.5. The fourth-order valence-electron chi connectivity index (χ4n) is 2.49. The molecule has 0 bridgehead atoms. The van der Waals surface area contributed by atoms with Crippen molar-refractivity contribution in [2.24, 2.45) is 5.73 Å². The summed E-state index contributed by atoms with van der Waals surface area (Å²) in [6.07, 6.45) is 2.28. The molecule has 3 heterocycles. The van der Waals surface area contributed by atoms with E-state index in [1.165, 1.54) is 0 Å². The minimum absolute atomic E-state index is 0. The highest BCUT2D eigenvalue weighted by molar-refractivity contribution is 5.85. The average Bonchev–Trinajstić information content (AvgIpc) is 3.38. The first-order valence-electron chi connectivity index (χ1n) is 8.39. The molecule has 3 N–H and O–H groups in total. The second kappa shape index (κ2) is 9.07. The van der Waals surface area contributed by atoms with Gasteiger partial charge in [-0.3, -0.25) is 4.98 Å². The zero-order valence-electron chi connectivity index (χ0n) is 14.7. The topological polar surface area (TPSA) is 129 Å². The number of nitrogens with zero attached hydrogens (tertiary/aromatic N) is 5. The normalized spacial score (nSPS) is 11.6. The highest BCUT2D eigenvalue weighted by Gasteiger charge is 2.16. The summed E-state index contributed by atoms with van der Waals surface area (Å²) in [7, 11) is 0. The van der Waals surface area contributed by atoms with Crippen LogP contribution in [-0.4, -0.2) is 25.3 Å². The molecule has 0 aliphatic carbocycles. The summed E-state index contributed by atoms with van der Waals surface area (Å²) in [5.41, 5.74) is 7.88. The maximum absolute atomic E-state index is 6.14. The summed E-state index contributed by atoms with van der Waals surface area (Å²) in [5, 5.41) is 14.8. The molecule has 0 unspecified atom stereocenters. The first-order chi connectivity index (χ1) is 13.3. The number of pyridine rings is 1. The van der Waals surface area contributed by atoms with Crippen molar-refractivity contribution < 1.29 is 8.94 Å². The molecule has 1 atom stereocenters. The molecule has 4 rings (SSSR count). The number of nitrogens with two attached hydrogens (primary N) is 1. The van der Waals surface area contributed by atoms with E-state index in [0.29, 0.717) is 29.7 Å². The van der Waals surface area contributed by atoms with E-state index in [9.17, 15) is 0 Å². The van der Waals surface area contributed by atoms with E-state index < -0.39 is 0 Å². The van der Waals surface area contributed by atoms with Crippen LogP contribution in [0.4, 0.5) is 6.01 Å². The molecule has 1 aromatic carbocycles. The largest absolute Gasteiger partial charge is 0.406 e. The molecule has 3 aromatic heterocycles. The van der Waals surface area contributed by atoms with E-state index in [0.717, 1.165) is 5.56 Å². The maximum atomic E-state index is 6.14. The van der Waals surface area contributed by atoms with Crippen molar-refractivity contribution >= 4 is 18.4 Å². The lowest BCUT2D eigenvalue weighted by atomic mass is 10.1. The molecule has 0 fully saturated rings. The molecule has 0 radical (unpaired) electrons. The van der Waals surface area contributed by atoms with Crippen molar-refractivity contribution in [3.8, 4) is 11.5 Å². The van der Waals surface area contributed by atoms with Gasteiger partial charge in [-0.05, 0) is 24.1 Å². The third-order valence-electron chi connectivity index (χ3n) is 3.81. The standard InChI is InChI=1S/C18H17N7O2.ClH/c19-13(10-12-6-2-1-3-7-12)17-23-24-18(26-17)21-11-15-22-16(25-27-15)14-8-4-5-9-20-14;/h1-9,13H,10-11,19H2,(H,21,24);1H/t13-;/m1./s1. The van der Waals surface area contributed by atoms with Crippen LogP contribution in [0.15, 0.2) is 63.7 Å². The molecule has 28 heavy (non-hydrogen) atoms. The van der Waals surface area contributed by atoms with Gasteiger partial charge in [-0.1, -0.05) is 46.7 Å². The number of hydrogen-bond acceptors (Lipinski definition) is 9. The zero-order chi connectivity index (χ0) is 18.5. The minimum atomic E-state index is -0.380. The van der Waals surface area contributed by atoms with Gasteiger partial charge in [-0.25, -0.2) is 0 Å². The van der Waals surface area contributed by atoms with E-state index in [1.807, 2.05) is 42.5 Å². The fourth-order valence-corrected chi connectivity index (χ4v) is 2.49. The first-order valence-corrected chi connectivity index (χ1v) is 8.39. The summed E-state index contributed by atoms with van der Waals surface area (Å²) in [4.78, 5) is 8.45. The molecule has 0 saturated carbocycles. The highest BCUT2D eigenvalue weighted by atomic mass is 35.5. The Kier molecular flexibility index (Phi) is 6.30. The first kappa shape index (κ1) is 19.5. The molecule has 0 aliphatic rings. The lowest BCUT2D eigenvalue weighted by Crippen LogP contribution is -2.13. The van der Waals surface area contributed by atoms with Crippen LogP contribution >= 0.6 is 12.4 Å². The van der Waals surface area contributed by atoms with E-state index in [2.05, 4.69) is 30.6 Å². The smallest absolute Gasteiger partial charge is 0.315 e. The quantitative estimate of drug-likeness (QED) is 0.481. The van der Waals surface area contributed by atoms with Crippen molar-refractivity contribution in [3.63, 3.8) is 0 Å². The third-order valence-corrected chi connectivity index (χ3v) is 3.81. The van der Waals surface area contributed by atoms with Crippen LogP contribution in [0.25, 0.3) is 11.5 Å². The second-order valence-corrected chi connectivity index (χ2v) is 5.82. The summed E-state index contributed by atoms with van der Waals surface area (Å²) in [5.74, 6) is 1.16. The molecule has 144 valence electrons. The van der Waals surface area contributed by atoms with Crippen LogP contribution < -0.4 is 11.1 Å². The van der Waals surface area contributed by atoms with Gasteiger partial charge in [0.15, 0.2) is 0 Å². The van der Waals surface area contributed by atoms with Gasteiger partial charge in [0.05, 0.1) is 12.6 Å². The van der Waals surface area contributed by atoms with E-state index in [-0.39, 0.29) is 31.0 Å². The summed E-state index contributed by atoms with van der Waals surface area (Å²) < 4.78 is 10.8. The molecule has 10 heteroatoms. The summed E-state index contributed by atoms with van der Waals surface area (Å²) >= 11 is 0. The molecule has 0 aliphatic heterocycles. The van der Waals surface area contributed by atoms with Crippen molar-refractivity contribution in [1.29, 1.82) is 0 Å². The predicted octanol–water partition coefficient (Wildman–Crippen LogP) is 2.79. The van der Waals surface area contributed by atoms with E-state index in [4.69, 9.17) is 14.7 Å². The molecule has 4 aromatic rings. The molecule has 0 saturated heterocycles. The fraction of sp³-hybridized carbons (Fsp3) is 0.167. The Morgan fingerprint density at radius 3 is 2.64 bits per heavy atom. The minimum Gasteiger partial charge on any atom is -0.406 e. The summed E-state index contributed by atoms with van der Waals surface area (Å²) in [6, 6.07) is 15.2. The van der Waals surface area contributed by atoms with Crippen LogP contribution in [0.5, 0.6) is 0 Å². The second-order valence-electron chi connectivity index (χ2n) is 5.82. The monoisotopic (exact) mass is 399 g/mol. The SMILES string of the molecule is Cl.N[C@H](Cc1ccccc1)c1nnc(NCc2nc(-c3ccccn3)no2)o1. The third kappa shape index (κ3) is 4.70. The molecular formula is C18H18ClN7O2. The Morgan fingerprint density at radius 1 is 1.04 bits per heavy atom. The maximum Gasteiger partial charge on any atom is 0.315 e. The van der Waals surface area contributed by atoms with Crippen LogP contribution in [0.2, 0.25) is 0 Å². The van der Waals surface area contributed by atoms with E-state index >= 15 is 0 Å². The Bertz CT molecular complexity index is 991. The molecular weight excluding hydrogens is 382 g/mol. The number of hydrogen-bond donors (Lipinski definition) is 2. The van der Waals surface area contributed by atoms with Crippen LogP contribution in [0, 0.1) is 0 Å². The van der Waals surface area contributed by atoms with Gasteiger partial charge in [0, 0.05) is 6.20 Å².